The van der Waals surface area contributed by atoms with Crippen molar-refractivity contribution in [2.75, 3.05) is 13.2 Å². The highest BCUT2D eigenvalue weighted by atomic mass is 35.5. The van der Waals surface area contributed by atoms with Gasteiger partial charge in [0.15, 0.2) is 11.8 Å². The molecular weight excluding hydrogens is 426 g/mol. The number of aliphatic hydroxyl groups excluding tert-OH is 1. The molecule has 4 aromatic rings. The van der Waals surface area contributed by atoms with Crippen LogP contribution in [0.5, 0.6) is 6.01 Å². The zero-order valence-corrected chi connectivity index (χ0v) is 18.1. The molecule has 7 heteroatoms. The Kier molecular flexibility index (Phi) is 5.66. The van der Waals surface area contributed by atoms with Gasteiger partial charge in [0.25, 0.3) is 6.01 Å². The van der Waals surface area contributed by atoms with Gasteiger partial charge in [-0.15, -0.1) is 6.58 Å². The average molecular weight is 448 g/mol. The Balaban J connectivity index is 1.52. The van der Waals surface area contributed by atoms with E-state index in [1.165, 1.54) is 0 Å². The summed E-state index contributed by atoms with van der Waals surface area (Å²) in [4.78, 5) is 9.31. The summed E-state index contributed by atoms with van der Waals surface area (Å²) in [7, 11) is 0. The summed E-state index contributed by atoms with van der Waals surface area (Å²) in [6.45, 7) is 4.85. The first-order chi connectivity index (χ1) is 15.6. The van der Waals surface area contributed by atoms with Gasteiger partial charge in [0.1, 0.15) is 6.10 Å². The van der Waals surface area contributed by atoms with Crippen molar-refractivity contribution in [3.63, 3.8) is 0 Å². The number of nitrogens with zero attached hydrogens (tertiary/aromatic N) is 3. The fraction of sp³-hybridized carbons (Fsp3) is 0.200. The molecule has 2 unspecified atom stereocenters. The molecule has 0 saturated carbocycles. The molecular formula is C25H22ClN3O3. The van der Waals surface area contributed by atoms with E-state index in [-0.39, 0.29) is 6.61 Å². The number of halogens is 1. The number of aromatic nitrogens is 3. The molecule has 162 valence electrons. The number of hydrogen-bond donors (Lipinski definition) is 1. The number of ether oxygens (including phenoxy) is 2. The van der Waals surface area contributed by atoms with Crippen molar-refractivity contribution in [2.45, 2.75) is 18.8 Å². The smallest absolute Gasteiger partial charge is 0.299 e. The summed E-state index contributed by atoms with van der Waals surface area (Å²) < 4.78 is 13.1. The lowest BCUT2D eigenvalue weighted by Crippen LogP contribution is -2.30. The van der Waals surface area contributed by atoms with E-state index in [1.54, 1.807) is 6.08 Å². The second-order valence-electron chi connectivity index (χ2n) is 7.66. The van der Waals surface area contributed by atoms with E-state index in [9.17, 15) is 5.11 Å². The lowest BCUT2D eigenvalue weighted by molar-refractivity contribution is 0.0651. The molecule has 1 N–H and O–H groups in total. The Hall–Kier alpha value is -3.19. The molecule has 0 spiro atoms. The van der Waals surface area contributed by atoms with Gasteiger partial charge in [0.05, 0.1) is 29.4 Å². The minimum atomic E-state index is -0.692. The zero-order valence-electron chi connectivity index (χ0n) is 17.3. The molecule has 0 bridgehead atoms. The van der Waals surface area contributed by atoms with Crippen molar-refractivity contribution in [1.29, 1.82) is 0 Å². The van der Waals surface area contributed by atoms with Crippen LogP contribution in [0.15, 0.2) is 73.3 Å². The third kappa shape index (κ3) is 3.88. The molecule has 32 heavy (non-hydrogen) atoms. The van der Waals surface area contributed by atoms with Crippen LogP contribution in [-0.4, -0.2) is 45.1 Å². The monoisotopic (exact) mass is 447 g/mol. The van der Waals surface area contributed by atoms with E-state index < -0.39 is 12.2 Å². The van der Waals surface area contributed by atoms with Crippen LogP contribution in [0.3, 0.4) is 0 Å². The maximum atomic E-state index is 10.0. The first-order valence-corrected chi connectivity index (χ1v) is 10.8. The number of aliphatic hydroxyl groups is 1. The predicted molar refractivity (Wildman–Crippen MR) is 125 cm³/mol. The maximum absolute atomic E-state index is 10.0. The van der Waals surface area contributed by atoms with Crippen LogP contribution in [0.2, 0.25) is 5.02 Å². The Morgan fingerprint density at radius 3 is 2.47 bits per heavy atom. The summed E-state index contributed by atoms with van der Waals surface area (Å²) in [6.07, 6.45) is 0.581. The van der Waals surface area contributed by atoms with E-state index in [2.05, 4.69) is 35.8 Å². The standard InChI is InChI=1S/C25H22ClN3O3/c1-2-12-29-20-13-19(26)23(18-10-8-17(9-11-18)16-6-4-3-5-7-16)27-24(20)28-25(29)32-22-15-31-14-21(22)30/h2-11,13,21-22,30H,1,12,14-15H2. The average Bonchev–Trinajstić information content (AvgIpc) is 3.37. The number of allylic oxidation sites excluding steroid dienone is 1. The normalized spacial score (nSPS) is 18.2. The van der Waals surface area contributed by atoms with Crippen LogP contribution >= 0.6 is 11.6 Å². The van der Waals surface area contributed by atoms with Crippen LogP contribution in [0, 0.1) is 0 Å². The van der Waals surface area contributed by atoms with Gasteiger partial charge < -0.3 is 14.6 Å². The SMILES string of the molecule is C=CCn1c(OC2COCC2O)nc2nc(-c3ccc(-c4ccccc4)cc3)c(Cl)cc21. The summed E-state index contributed by atoms with van der Waals surface area (Å²) in [5, 5.41) is 10.6. The number of benzene rings is 2. The Labute approximate surface area is 190 Å². The molecule has 1 aliphatic rings. The number of rotatable bonds is 6. The van der Waals surface area contributed by atoms with E-state index >= 15 is 0 Å². The van der Waals surface area contributed by atoms with Crippen LogP contribution in [-0.2, 0) is 11.3 Å². The Morgan fingerprint density at radius 2 is 1.78 bits per heavy atom. The Bertz CT molecular complexity index is 1260. The van der Waals surface area contributed by atoms with Crippen LogP contribution in [0.25, 0.3) is 33.5 Å². The molecule has 2 atom stereocenters. The lowest BCUT2D eigenvalue weighted by atomic mass is 10.0. The molecule has 0 aliphatic carbocycles. The van der Waals surface area contributed by atoms with Crippen molar-refractivity contribution >= 4 is 22.8 Å². The minimum Gasteiger partial charge on any atom is -0.456 e. The van der Waals surface area contributed by atoms with E-state index in [0.29, 0.717) is 35.5 Å². The van der Waals surface area contributed by atoms with E-state index in [0.717, 1.165) is 22.2 Å². The van der Waals surface area contributed by atoms with Gasteiger partial charge in [-0.25, -0.2) is 4.98 Å². The summed E-state index contributed by atoms with van der Waals surface area (Å²) in [6, 6.07) is 20.5. The Morgan fingerprint density at radius 1 is 1.06 bits per heavy atom. The third-order valence-electron chi connectivity index (χ3n) is 5.49. The topological polar surface area (TPSA) is 69.4 Å². The van der Waals surface area contributed by atoms with Gasteiger partial charge in [-0.2, -0.15) is 4.98 Å². The third-order valence-corrected chi connectivity index (χ3v) is 5.78. The van der Waals surface area contributed by atoms with Crippen LogP contribution in [0.1, 0.15) is 0 Å². The molecule has 0 amide bonds. The zero-order chi connectivity index (χ0) is 22.1. The largest absolute Gasteiger partial charge is 0.456 e. The van der Waals surface area contributed by atoms with Crippen molar-refractivity contribution in [3.05, 3.63) is 78.3 Å². The van der Waals surface area contributed by atoms with E-state index in [1.807, 2.05) is 41.0 Å². The molecule has 3 heterocycles. The minimum absolute atomic E-state index is 0.250. The van der Waals surface area contributed by atoms with Crippen LogP contribution < -0.4 is 4.74 Å². The molecule has 2 aromatic carbocycles. The highest BCUT2D eigenvalue weighted by molar-refractivity contribution is 6.33. The van der Waals surface area contributed by atoms with Gasteiger partial charge in [-0.3, -0.25) is 4.57 Å². The summed E-state index contributed by atoms with van der Waals surface area (Å²) >= 11 is 6.64. The second-order valence-corrected chi connectivity index (χ2v) is 8.07. The maximum Gasteiger partial charge on any atom is 0.299 e. The molecule has 1 saturated heterocycles. The van der Waals surface area contributed by atoms with E-state index in [4.69, 9.17) is 26.1 Å². The molecule has 0 radical (unpaired) electrons. The number of fused-ring (bicyclic) bond motifs is 1. The fourth-order valence-electron chi connectivity index (χ4n) is 3.82. The fourth-order valence-corrected chi connectivity index (χ4v) is 4.08. The summed E-state index contributed by atoms with van der Waals surface area (Å²) in [5.74, 6) is 0. The van der Waals surface area contributed by atoms with Crippen molar-refractivity contribution in [1.82, 2.24) is 14.5 Å². The van der Waals surface area contributed by atoms with Gasteiger partial charge in [0, 0.05) is 12.1 Å². The van der Waals surface area contributed by atoms with Gasteiger partial charge in [-0.05, 0) is 17.2 Å². The second kappa shape index (κ2) is 8.74. The highest BCUT2D eigenvalue weighted by Gasteiger charge is 2.30. The first-order valence-electron chi connectivity index (χ1n) is 10.4. The van der Waals surface area contributed by atoms with Crippen LogP contribution in [0.4, 0.5) is 0 Å². The number of hydrogen-bond acceptors (Lipinski definition) is 5. The molecule has 1 aliphatic heterocycles. The lowest BCUT2D eigenvalue weighted by Gasteiger charge is -2.15. The summed E-state index contributed by atoms with van der Waals surface area (Å²) in [5.41, 5.74) is 5.07. The van der Waals surface area contributed by atoms with Crippen molar-refractivity contribution < 1.29 is 14.6 Å². The molecule has 6 nitrogen and oxygen atoms in total. The molecule has 2 aromatic heterocycles. The number of pyridine rings is 1. The molecule has 1 fully saturated rings. The van der Waals surface area contributed by atoms with Gasteiger partial charge in [0.2, 0.25) is 0 Å². The predicted octanol–water partition coefficient (Wildman–Crippen LogP) is 4.74. The highest BCUT2D eigenvalue weighted by Crippen LogP contribution is 2.33. The quantitative estimate of drug-likeness (QED) is 0.432. The first kappa shape index (κ1) is 20.7. The molecule has 5 rings (SSSR count). The van der Waals surface area contributed by atoms with Crippen molar-refractivity contribution in [2.24, 2.45) is 0 Å². The van der Waals surface area contributed by atoms with Crippen molar-refractivity contribution in [3.8, 4) is 28.4 Å². The van der Waals surface area contributed by atoms with Gasteiger partial charge in [-0.1, -0.05) is 72.3 Å². The number of imidazole rings is 1. The van der Waals surface area contributed by atoms with Gasteiger partial charge >= 0.3 is 0 Å².